The average Bonchev–Trinajstić information content (AvgIpc) is 2.93. The van der Waals surface area contributed by atoms with Crippen molar-refractivity contribution in [2.45, 2.75) is 26.2 Å². The number of fused-ring (bicyclic) bond motifs is 1. The van der Waals surface area contributed by atoms with Crippen molar-refractivity contribution in [2.75, 3.05) is 5.32 Å². The largest absolute Gasteiger partial charge is 0.361 e. The molecule has 0 fully saturated rings. The van der Waals surface area contributed by atoms with Crippen LogP contribution in [-0.2, 0) is 10.2 Å². The number of benzene rings is 2. The molecule has 1 amide bonds. The van der Waals surface area contributed by atoms with Gasteiger partial charge in [0.05, 0.1) is 5.41 Å². The molecule has 3 nitrogen and oxygen atoms in total. The van der Waals surface area contributed by atoms with E-state index in [1.807, 2.05) is 45.0 Å². The van der Waals surface area contributed by atoms with Crippen molar-refractivity contribution in [3.05, 3.63) is 65.6 Å². The van der Waals surface area contributed by atoms with Crippen LogP contribution in [0.2, 0.25) is 0 Å². The van der Waals surface area contributed by atoms with Gasteiger partial charge < -0.3 is 10.3 Å². The number of aromatic nitrogens is 1. The number of carbonyl (C=O) groups is 1. The first kappa shape index (κ1) is 15.3. The van der Waals surface area contributed by atoms with Gasteiger partial charge in [0.15, 0.2) is 0 Å². The van der Waals surface area contributed by atoms with Crippen LogP contribution in [0.4, 0.5) is 10.1 Å². The topological polar surface area (TPSA) is 44.9 Å². The van der Waals surface area contributed by atoms with E-state index in [1.165, 1.54) is 12.1 Å². The van der Waals surface area contributed by atoms with Crippen LogP contribution in [0.1, 0.15) is 25.0 Å². The van der Waals surface area contributed by atoms with E-state index in [0.717, 1.165) is 22.2 Å². The lowest BCUT2D eigenvalue weighted by atomic mass is 9.83. The molecule has 1 aromatic heterocycles. The Morgan fingerprint density at radius 2 is 1.83 bits per heavy atom. The molecule has 3 aromatic rings. The maximum absolute atomic E-state index is 13.3. The van der Waals surface area contributed by atoms with E-state index in [0.29, 0.717) is 5.52 Å². The maximum atomic E-state index is 13.3. The van der Waals surface area contributed by atoms with Gasteiger partial charge in [-0.3, -0.25) is 4.79 Å². The first-order chi connectivity index (χ1) is 10.9. The van der Waals surface area contributed by atoms with Gasteiger partial charge in [0.25, 0.3) is 0 Å². The molecule has 0 spiro atoms. The lowest BCUT2D eigenvalue weighted by molar-refractivity contribution is -0.120. The summed E-state index contributed by atoms with van der Waals surface area (Å²) < 4.78 is 13.3. The second-order valence-corrected chi connectivity index (χ2v) is 6.34. The summed E-state index contributed by atoms with van der Waals surface area (Å²) in [7, 11) is 0. The quantitative estimate of drug-likeness (QED) is 0.733. The molecule has 0 atom stereocenters. The van der Waals surface area contributed by atoms with Crippen LogP contribution in [-0.4, -0.2) is 10.9 Å². The van der Waals surface area contributed by atoms with Crippen LogP contribution >= 0.6 is 0 Å². The highest BCUT2D eigenvalue weighted by atomic mass is 19.1. The third-order valence-corrected chi connectivity index (χ3v) is 4.19. The molecule has 2 aromatic carbocycles. The number of carbonyl (C=O) groups excluding carboxylic acids is 1. The Morgan fingerprint density at radius 3 is 2.52 bits per heavy atom. The highest BCUT2D eigenvalue weighted by Crippen LogP contribution is 2.32. The van der Waals surface area contributed by atoms with Crippen LogP contribution < -0.4 is 5.32 Å². The van der Waals surface area contributed by atoms with Gasteiger partial charge in [0, 0.05) is 22.8 Å². The predicted molar refractivity (Wildman–Crippen MR) is 91.1 cm³/mol. The standard InChI is InChI=1S/C19H19FN2O/c1-12-4-7-14(8-5-12)22-18(23)19(2,3)16-11-21-17-10-13(20)6-9-15(16)17/h4-11,21H,1-3H3,(H,22,23). The first-order valence-electron chi connectivity index (χ1n) is 7.53. The summed E-state index contributed by atoms with van der Waals surface area (Å²) in [5.74, 6) is -0.403. The van der Waals surface area contributed by atoms with Crippen molar-refractivity contribution in [3.63, 3.8) is 0 Å². The summed E-state index contributed by atoms with van der Waals surface area (Å²) in [6.45, 7) is 5.73. The SMILES string of the molecule is Cc1ccc(NC(=O)C(C)(C)c2c[nH]c3cc(F)ccc23)cc1. The van der Waals surface area contributed by atoms with Crippen LogP contribution in [0.3, 0.4) is 0 Å². The van der Waals surface area contributed by atoms with E-state index in [9.17, 15) is 9.18 Å². The third-order valence-electron chi connectivity index (χ3n) is 4.19. The van der Waals surface area contributed by atoms with Crippen molar-refractivity contribution in [2.24, 2.45) is 0 Å². The third kappa shape index (κ3) is 2.84. The van der Waals surface area contributed by atoms with Gasteiger partial charge in [-0.2, -0.15) is 0 Å². The Balaban J connectivity index is 1.92. The van der Waals surface area contributed by atoms with E-state index >= 15 is 0 Å². The fourth-order valence-electron chi connectivity index (χ4n) is 2.66. The molecular formula is C19H19FN2O. The minimum atomic E-state index is -0.749. The molecule has 0 radical (unpaired) electrons. The fourth-order valence-corrected chi connectivity index (χ4v) is 2.66. The lowest BCUT2D eigenvalue weighted by Crippen LogP contribution is -2.34. The first-order valence-corrected chi connectivity index (χ1v) is 7.53. The molecule has 4 heteroatoms. The zero-order valence-electron chi connectivity index (χ0n) is 13.4. The summed E-state index contributed by atoms with van der Waals surface area (Å²) in [6.07, 6.45) is 1.78. The van der Waals surface area contributed by atoms with Gasteiger partial charge in [-0.25, -0.2) is 4.39 Å². The number of rotatable bonds is 3. The number of hydrogen-bond donors (Lipinski definition) is 2. The summed E-state index contributed by atoms with van der Waals surface area (Å²) >= 11 is 0. The van der Waals surface area contributed by atoms with Gasteiger partial charge in [-0.1, -0.05) is 17.7 Å². The van der Waals surface area contributed by atoms with E-state index in [2.05, 4.69) is 10.3 Å². The molecule has 0 bridgehead atoms. The fraction of sp³-hybridized carbons (Fsp3) is 0.211. The molecule has 0 saturated heterocycles. The molecule has 0 aliphatic heterocycles. The number of hydrogen-bond acceptors (Lipinski definition) is 1. The van der Waals surface area contributed by atoms with Gasteiger partial charge in [0.1, 0.15) is 5.82 Å². The summed E-state index contributed by atoms with van der Waals surface area (Å²) in [5.41, 5.74) is 2.69. The number of aromatic amines is 1. The Hall–Kier alpha value is -2.62. The van der Waals surface area contributed by atoms with Crippen LogP contribution in [0.5, 0.6) is 0 Å². The van der Waals surface area contributed by atoms with Crippen molar-refractivity contribution in [1.82, 2.24) is 4.98 Å². The Kier molecular flexibility index (Phi) is 3.68. The predicted octanol–water partition coefficient (Wildman–Crippen LogP) is 4.53. The van der Waals surface area contributed by atoms with Crippen LogP contribution in [0.25, 0.3) is 10.9 Å². The number of amides is 1. The van der Waals surface area contributed by atoms with Crippen LogP contribution in [0, 0.1) is 12.7 Å². The molecule has 0 unspecified atom stereocenters. The van der Waals surface area contributed by atoms with E-state index in [4.69, 9.17) is 0 Å². The minimum absolute atomic E-state index is 0.105. The van der Waals surface area contributed by atoms with Crippen molar-refractivity contribution in [3.8, 4) is 0 Å². The summed E-state index contributed by atoms with van der Waals surface area (Å²) in [4.78, 5) is 15.8. The second kappa shape index (κ2) is 5.54. The van der Waals surface area contributed by atoms with Crippen LogP contribution in [0.15, 0.2) is 48.7 Å². The van der Waals surface area contributed by atoms with Gasteiger partial charge in [-0.15, -0.1) is 0 Å². The molecule has 0 saturated carbocycles. The van der Waals surface area contributed by atoms with E-state index < -0.39 is 5.41 Å². The number of H-pyrrole nitrogens is 1. The molecule has 1 heterocycles. The Labute approximate surface area is 134 Å². The monoisotopic (exact) mass is 310 g/mol. The minimum Gasteiger partial charge on any atom is -0.361 e. The molecule has 0 aliphatic rings. The van der Waals surface area contributed by atoms with E-state index in [-0.39, 0.29) is 11.7 Å². The summed E-state index contributed by atoms with van der Waals surface area (Å²) in [6, 6.07) is 12.2. The van der Waals surface area contributed by atoms with Crippen molar-refractivity contribution < 1.29 is 9.18 Å². The van der Waals surface area contributed by atoms with Gasteiger partial charge in [-0.05, 0) is 56.7 Å². The Morgan fingerprint density at radius 1 is 1.13 bits per heavy atom. The van der Waals surface area contributed by atoms with E-state index in [1.54, 1.807) is 12.3 Å². The molecule has 2 N–H and O–H groups in total. The van der Waals surface area contributed by atoms with Gasteiger partial charge in [0.2, 0.25) is 5.91 Å². The maximum Gasteiger partial charge on any atom is 0.234 e. The average molecular weight is 310 g/mol. The molecule has 3 rings (SSSR count). The molecule has 23 heavy (non-hydrogen) atoms. The number of halogens is 1. The highest BCUT2D eigenvalue weighted by Gasteiger charge is 2.32. The van der Waals surface area contributed by atoms with Crippen molar-refractivity contribution >= 4 is 22.5 Å². The summed E-state index contributed by atoms with van der Waals surface area (Å²) in [5, 5.41) is 3.80. The van der Waals surface area contributed by atoms with Gasteiger partial charge >= 0.3 is 0 Å². The smallest absolute Gasteiger partial charge is 0.234 e. The number of aryl methyl sites for hydroxylation is 1. The lowest BCUT2D eigenvalue weighted by Gasteiger charge is -2.23. The normalized spacial score (nSPS) is 11.7. The number of nitrogens with one attached hydrogen (secondary N) is 2. The molecule has 0 aliphatic carbocycles. The molecular weight excluding hydrogens is 291 g/mol. The zero-order chi connectivity index (χ0) is 16.6. The molecule has 118 valence electrons. The second-order valence-electron chi connectivity index (χ2n) is 6.34. The van der Waals surface area contributed by atoms with Crippen molar-refractivity contribution in [1.29, 1.82) is 0 Å². The Bertz CT molecular complexity index is 863. The highest BCUT2D eigenvalue weighted by molar-refractivity contribution is 6.01. The number of anilines is 1. The zero-order valence-corrected chi connectivity index (χ0v) is 13.4.